The largest absolute Gasteiger partial charge is 0.481 e. The summed E-state index contributed by atoms with van der Waals surface area (Å²) in [6.07, 6.45) is 0.403. The molecule has 0 aliphatic carbocycles. The Morgan fingerprint density at radius 1 is 1.27 bits per heavy atom. The van der Waals surface area contributed by atoms with Gasteiger partial charge in [-0.2, -0.15) is 11.3 Å². The highest BCUT2D eigenvalue weighted by Crippen LogP contribution is 2.14. The van der Waals surface area contributed by atoms with Crippen molar-refractivity contribution in [2.75, 3.05) is 6.54 Å². The molecule has 0 fully saturated rings. The summed E-state index contributed by atoms with van der Waals surface area (Å²) in [5.41, 5.74) is 3.59. The van der Waals surface area contributed by atoms with Crippen LogP contribution < -0.4 is 5.32 Å². The summed E-state index contributed by atoms with van der Waals surface area (Å²) in [7, 11) is 0. The van der Waals surface area contributed by atoms with E-state index in [1.807, 2.05) is 43.5 Å². The average Bonchev–Trinajstić information content (AvgIpc) is 2.89. The van der Waals surface area contributed by atoms with Crippen LogP contribution in [0.15, 0.2) is 35.0 Å². The zero-order valence-electron chi connectivity index (χ0n) is 12.6. The van der Waals surface area contributed by atoms with Crippen molar-refractivity contribution in [3.8, 4) is 0 Å². The Morgan fingerprint density at radius 3 is 2.64 bits per heavy atom. The Hall–Kier alpha value is -2.14. The van der Waals surface area contributed by atoms with E-state index in [1.165, 1.54) is 11.3 Å². The summed E-state index contributed by atoms with van der Waals surface area (Å²) in [5, 5.41) is 15.8. The lowest BCUT2D eigenvalue weighted by Crippen LogP contribution is -2.34. The maximum Gasteiger partial charge on any atom is 0.308 e. The van der Waals surface area contributed by atoms with Crippen LogP contribution in [0, 0.1) is 19.8 Å². The molecule has 2 aromatic rings. The molecule has 0 aliphatic rings. The van der Waals surface area contributed by atoms with Gasteiger partial charge in [-0.1, -0.05) is 29.8 Å². The van der Waals surface area contributed by atoms with Crippen molar-refractivity contribution in [3.05, 3.63) is 57.3 Å². The summed E-state index contributed by atoms with van der Waals surface area (Å²) >= 11 is 1.46. The Balaban J connectivity index is 1.99. The fourth-order valence-electron chi connectivity index (χ4n) is 2.27. The molecule has 0 spiro atoms. The van der Waals surface area contributed by atoms with E-state index in [0.717, 1.165) is 16.7 Å². The molecule has 2 rings (SSSR count). The van der Waals surface area contributed by atoms with Crippen molar-refractivity contribution in [2.24, 2.45) is 5.92 Å². The van der Waals surface area contributed by atoms with E-state index in [4.69, 9.17) is 0 Å². The summed E-state index contributed by atoms with van der Waals surface area (Å²) in [6, 6.07) is 7.77. The van der Waals surface area contributed by atoms with Crippen molar-refractivity contribution < 1.29 is 14.7 Å². The minimum atomic E-state index is -0.899. The molecule has 116 valence electrons. The van der Waals surface area contributed by atoms with Crippen LogP contribution in [0.25, 0.3) is 0 Å². The molecule has 0 saturated heterocycles. The highest BCUT2D eigenvalue weighted by Gasteiger charge is 2.20. The van der Waals surface area contributed by atoms with Gasteiger partial charge in [-0.25, -0.2) is 0 Å². The fraction of sp³-hybridized carbons (Fsp3) is 0.294. The maximum atomic E-state index is 12.1. The topological polar surface area (TPSA) is 66.4 Å². The third kappa shape index (κ3) is 4.18. The van der Waals surface area contributed by atoms with E-state index in [1.54, 1.807) is 5.38 Å². The first-order valence-corrected chi connectivity index (χ1v) is 8.01. The molecule has 1 aromatic carbocycles. The lowest BCUT2D eigenvalue weighted by Gasteiger charge is -2.14. The van der Waals surface area contributed by atoms with E-state index in [9.17, 15) is 14.7 Å². The number of carboxylic acid groups (broad SMARTS) is 1. The van der Waals surface area contributed by atoms with Gasteiger partial charge in [0.05, 0.1) is 11.5 Å². The third-order valence-electron chi connectivity index (χ3n) is 3.52. The number of amides is 1. The van der Waals surface area contributed by atoms with Crippen LogP contribution in [-0.4, -0.2) is 23.5 Å². The van der Waals surface area contributed by atoms with Gasteiger partial charge in [0, 0.05) is 11.9 Å². The molecular formula is C17H19NO3S. The van der Waals surface area contributed by atoms with Gasteiger partial charge >= 0.3 is 5.97 Å². The number of benzene rings is 1. The molecule has 5 heteroatoms. The van der Waals surface area contributed by atoms with E-state index in [-0.39, 0.29) is 12.5 Å². The highest BCUT2D eigenvalue weighted by atomic mass is 32.1. The molecular weight excluding hydrogens is 298 g/mol. The van der Waals surface area contributed by atoms with E-state index >= 15 is 0 Å². The molecule has 0 bridgehead atoms. The standard InChI is InChI=1S/C17H19NO3S/c1-11-4-3-5-13(6-11)7-14(17(20)21)8-18-16(19)15-10-22-9-12(15)2/h3-6,9-10,14H,7-8H2,1-2H3,(H,18,19)(H,20,21). The number of hydrogen-bond acceptors (Lipinski definition) is 3. The number of carbonyl (C=O) groups is 2. The number of thiophene rings is 1. The van der Waals surface area contributed by atoms with Gasteiger partial charge in [0.15, 0.2) is 0 Å². The zero-order chi connectivity index (χ0) is 16.1. The van der Waals surface area contributed by atoms with Gasteiger partial charge in [0.1, 0.15) is 0 Å². The van der Waals surface area contributed by atoms with Crippen LogP contribution in [0.5, 0.6) is 0 Å². The third-order valence-corrected chi connectivity index (χ3v) is 4.38. The number of hydrogen-bond donors (Lipinski definition) is 2. The van der Waals surface area contributed by atoms with E-state index in [0.29, 0.717) is 12.0 Å². The molecule has 2 N–H and O–H groups in total. The van der Waals surface area contributed by atoms with Gasteiger partial charge < -0.3 is 10.4 Å². The summed E-state index contributed by atoms with van der Waals surface area (Å²) in [4.78, 5) is 23.5. The number of aryl methyl sites for hydroxylation is 2. The van der Waals surface area contributed by atoms with Crippen molar-refractivity contribution in [1.82, 2.24) is 5.32 Å². The Bertz CT molecular complexity index is 678. The second-order valence-electron chi connectivity index (χ2n) is 5.41. The first-order valence-electron chi connectivity index (χ1n) is 7.06. The molecule has 0 aliphatic heterocycles. The molecule has 22 heavy (non-hydrogen) atoms. The smallest absolute Gasteiger partial charge is 0.308 e. The van der Waals surface area contributed by atoms with Crippen LogP contribution in [-0.2, 0) is 11.2 Å². The number of aliphatic carboxylic acids is 1. The number of nitrogens with one attached hydrogen (secondary N) is 1. The molecule has 1 heterocycles. The second-order valence-corrected chi connectivity index (χ2v) is 6.15. The van der Waals surface area contributed by atoms with Crippen molar-refractivity contribution >= 4 is 23.2 Å². The minimum Gasteiger partial charge on any atom is -0.481 e. The van der Waals surface area contributed by atoms with Crippen molar-refractivity contribution in [3.63, 3.8) is 0 Å². The first-order chi connectivity index (χ1) is 10.5. The summed E-state index contributed by atoms with van der Waals surface area (Å²) in [5.74, 6) is -1.75. The normalized spacial score (nSPS) is 11.9. The Kier molecular flexibility index (Phi) is 5.33. The highest BCUT2D eigenvalue weighted by molar-refractivity contribution is 7.08. The number of rotatable bonds is 6. The summed E-state index contributed by atoms with van der Waals surface area (Å²) < 4.78 is 0. The van der Waals surface area contributed by atoms with Gasteiger partial charge in [-0.15, -0.1) is 0 Å². The second kappa shape index (κ2) is 7.22. The number of carboxylic acids is 1. The first kappa shape index (κ1) is 16.2. The lowest BCUT2D eigenvalue weighted by molar-refractivity contribution is -0.141. The SMILES string of the molecule is Cc1cccc(CC(CNC(=O)c2cscc2C)C(=O)O)c1. The summed E-state index contributed by atoms with van der Waals surface area (Å²) in [6.45, 7) is 3.96. The molecule has 1 unspecified atom stereocenters. The van der Waals surface area contributed by atoms with Crippen molar-refractivity contribution in [1.29, 1.82) is 0 Å². The van der Waals surface area contributed by atoms with Gasteiger partial charge in [0.25, 0.3) is 5.91 Å². The van der Waals surface area contributed by atoms with Crippen LogP contribution in [0.1, 0.15) is 27.0 Å². The van der Waals surface area contributed by atoms with Crippen LogP contribution in [0.4, 0.5) is 0 Å². The average molecular weight is 317 g/mol. The molecule has 1 aromatic heterocycles. The van der Waals surface area contributed by atoms with Gasteiger partial charge in [-0.05, 0) is 36.8 Å². The van der Waals surface area contributed by atoms with E-state index in [2.05, 4.69) is 5.32 Å². The van der Waals surface area contributed by atoms with Crippen LogP contribution in [0.2, 0.25) is 0 Å². The monoisotopic (exact) mass is 317 g/mol. The quantitative estimate of drug-likeness (QED) is 0.860. The Morgan fingerprint density at radius 2 is 2.05 bits per heavy atom. The minimum absolute atomic E-state index is 0.122. The lowest BCUT2D eigenvalue weighted by atomic mass is 9.98. The Labute approximate surface area is 133 Å². The molecule has 1 amide bonds. The fourth-order valence-corrected chi connectivity index (χ4v) is 3.10. The molecule has 4 nitrogen and oxygen atoms in total. The van der Waals surface area contributed by atoms with Crippen molar-refractivity contribution in [2.45, 2.75) is 20.3 Å². The molecule has 0 saturated carbocycles. The molecule has 0 radical (unpaired) electrons. The van der Waals surface area contributed by atoms with Gasteiger partial charge in [0.2, 0.25) is 0 Å². The predicted molar refractivity (Wildman–Crippen MR) is 87.4 cm³/mol. The van der Waals surface area contributed by atoms with Gasteiger partial charge in [-0.3, -0.25) is 9.59 Å². The van der Waals surface area contributed by atoms with E-state index < -0.39 is 11.9 Å². The van der Waals surface area contributed by atoms with Crippen LogP contribution in [0.3, 0.4) is 0 Å². The zero-order valence-corrected chi connectivity index (χ0v) is 13.4. The molecule has 1 atom stereocenters. The number of carbonyl (C=O) groups excluding carboxylic acids is 1. The predicted octanol–water partition coefficient (Wildman–Crippen LogP) is 3.04. The maximum absolute atomic E-state index is 12.1. The van der Waals surface area contributed by atoms with Crippen LogP contribution >= 0.6 is 11.3 Å².